The summed E-state index contributed by atoms with van der Waals surface area (Å²) in [6.07, 6.45) is 4.38. The third-order valence-electron chi connectivity index (χ3n) is 5.39. The van der Waals surface area contributed by atoms with E-state index in [0.29, 0.717) is 41.8 Å². The SMILES string of the molecule is COc1cc(OCCN(C)C)c(NC=O)cc1Nc1nccc(-c2cn(C)c3ccccc23)n1. The van der Waals surface area contributed by atoms with Gasteiger partial charge in [-0.15, -0.1) is 0 Å². The van der Waals surface area contributed by atoms with Gasteiger partial charge in [0, 0.05) is 48.5 Å². The molecular weight excluding hydrogens is 432 g/mol. The number of ether oxygens (including phenoxy) is 2. The number of carbonyl (C=O) groups excluding carboxylic acids is 1. The van der Waals surface area contributed by atoms with Crippen molar-refractivity contribution in [3.63, 3.8) is 0 Å². The maximum Gasteiger partial charge on any atom is 0.227 e. The molecule has 9 heteroatoms. The smallest absolute Gasteiger partial charge is 0.227 e. The average Bonchev–Trinajstić information content (AvgIpc) is 3.17. The number of nitrogens with zero attached hydrogens (tertiary/aromatic N) is 4. The highest BCUT2D eigenvalue weighted by Gasteiger charge is 2.15. The van der Waals surface area contributed by atoms with Gasteiger partial charge in [-0.2, -0.15) is 0 Å². The summed E-state index contributed by atoms with van der Waals surface area (Å²) >= 11 is 0. The largest absolute Gasteiger partial charge is 0.494 e. The minimum Gasteiger partial charge on any atom is -0.494 e. The second-order valence-electron chi connectivity index (χ2n) is 8.02. The summed E-state index contributed by atoms with van der Waals surface area (Å²) < 4.78 is 13.5. The Kier molecular flexibility index (Phi) is 6.93. The molecule has 2 aromatic heterocycles. The lowest BCUT2D eigenvalue weighted by atomic mass is 10.1. The van der Waals surface area contributed by atoms with Crippen molar-refractivity contribution >= 4 is 34.6 Å². The number of aromatic nitrogens is 3. The zero-order valence-corrected chi connectivity index (χ0v) is 19.7. The molecule has 0 bridgehead atoms. The number of carbonyl (C=O) groups is 1. The number of hydrogen-bond donors (Lipinski definition) is 2. The molecular formula is C25H28N6O3. The quantitative estimate of drug-likeness (QED) is 0.347. The molecule has 0 radical (unpaired) electrons. The Labute approximate surface area is 198 Å². The summed E-state index contributed by atoms with van der Waals surface area (Å²) in [5.74, 6) is 1.46. The van der Waals surface area contributed by atoms with Gasteiger partial charge in [-0.25, -0.2) is 9.97 Å². The highest BCUT2D eigenvalue weighted by Crippen LogP contribution is 2.38. The van der Waals surface area contributed by atoms with Crippen LogP contribution < -0.4 is 20.1 Å². The van der Waals surface area contributed by atoms with Crippen LogP contribution in [0, 0.1) is 0 Å². The molecule has 34 heavy (non-hydrogen) atoms. The van der Waals surface area contributed by atoms with Crippen LogP contribution in [0.4, 0.5) is 17.3 Å². The van der Waals surface area contributed by atoms with Gasteiger partial charge in [0.2, 0.25) is 12.4 Å². The highest BCUT2D eigenvalue weighted by molar-refractivity contribution is 5.95. The molecule has 2 aromatic carbocycles. The van der Waals surface area contributed by atoms with Crippen molar-refractivity contribution in [1.29, 1.82) is 0 Å². The number of fused-ring (bicyclic) bond motifs is 1. The number of methoxy groups -OCH3 is 1. The van der Waals surface area contributed by atoms with Crippen LogP contribution in [0.15, 0.2) is 54.9 Å². The molecule has 4 aromatic rings. The first-order valence-corrected chi connectivity index (χ1v) is 10.8. The second-order valence-corrected chi connectivity index (χ2v) is 8.02. The van der Waals surface area contributed by atoms with Crippen LogP contribution >= 0.6 is 0 Å². The van der Waals surface area contributed by atoms with Gasteiger partial charge in [0.05, 0.1) is 24.2 Å². The van der Waals surface area contributed by atoms with E-state index < -0.39 is 0 Å². The Morgan fingerprint density at radius 1 is 1.12 bits per heavy atom. The first kappa shape index (κ1) is 23.1. The molecule has 176 valence electrons. The number of nitrogens with one attached hydrogen (secondary N) is 2. The Hall–Kier alpha value is -4.11. The molecule has 0 aliphatic heterocycles. The summed E-state index contributed by atoms with van der Waals surface area (Å²) in [6.45, 7) is 1.20. The normalized spacial score (nSPS) is 11.0. The predicted octanol–water partition coefficient (Wildman–Crippen LogP) is 3.90. The Balaban J connectivity index is 1.65. The first-order chi connectivity index (χ1) is 16.5. The van der Waals surface area contributed by atoms with Gasteiger partial charge >= 0.3 is 0 Å². The van der Waals surface area contributed by atoms with E-state index in [4.69, 9.17) is 14.5 Å². The number of para-hydroxylation sites is 1. The number of aryl methyl sites for hydroxylation is 1. The van der Waals surface area contributed by atoms with E-state index in [1.54, 1.807) is 25.4 Å². The summed E-state index contributed by atoms with van der Waals surface area (Å²) in [4.78, 5) is 22.3. The van der Waals surface area contributed by atoms with Gasteiger partial charge in [0.15, 0.2) is 0 Å². The van der Waals surface area contributed by atoms with Crippen molar-refractivity contribution in [3.8, 4) is 22.8 Å². The van der Waals surface area contributed by atoms with E-state index in [9.17, 15) is 4.79 Å². The van der Waals surface area contributed by atoms with Crippen molar-refractivity contribution in [2.75, 3.05) is 45.0 Å². The third kappa shape index (κ3) is 4.94. The van der Waals surface area contributed by atoms with Gasteiger partial charge in [0.1, 0.15) is 18.1 Å². The second kappa shape index (κ2) is 10.2. The average molecular weight is 461 g/mol. The standard InChI is InChI=1S/C25H28N6O3/c1-30(2)11-12-34-24-14-23(33-4)21(13-20(24)27-16-32)29-25-26-10-9-19(28-25)18-15-31(3)22-8-6-5-7-17(18)22/h5-10,13-16H,11-12H2,1-4H3,(H,27,32)(H,26,28,29). The van der Waals surface area contributed by atoms with Crippen molar-refractivity contribution in [3.05, 3.63) is 54.9 Å². The summed E-state index contributed by atoms with van der Waals surface area (Å²) in [5.41, 5.74) is 4.05. The van der Waals surface area contributed by atoms with Crippen molar-refractivity contribution < 1.29 is 14.3 Å². The van der Waals surface area contributed by atoms with Crippen LogP contribution in [0.5, 0.6) is 11.5 Å². The number of likely N-dealkylation sites (N-methyl/N-ethyl adjacent to an activating group) is 1. The third-order valence-corrected chi connectivity index (χ3v) is 5.39. The summed E-state index contributed by atoms with van der Waals surface area (Å²) in [5, 5.41) is 7.02. The van der Waals surface area contributed by atoms with Gasteiger partial charge in [-0.1, -0.05) is 18.2 Å². The van der Waals surface area contributed by atoms with Crippen LogP contribution in [0.2, 0.25) is 0 Å². The zero-order valence-electron chi connectivity index (χ0n) is 19.7. The maximum absolute atomic E-state index is 11.2. The Morgan fingerprint density at radius 2 is 1.94 bits per heavy atom. The lowest BCUT2D eigenvalue weighted by Crippen LogP contribution is -2.19. The first-order valence-electron chi connectivity index (χ1n) is 10.8. The van der Waals surface area contributed by atoms with Crippen LogP contribution in [0.1, 0.15) is 0 Å². The molecule has 0 fully saturated rings. The molecule has 0 unspecified atom stereocenters. The van der Waals surface area contributed by atoms with Crippen LogP contribution in [0.3, 0.4) is 0 Å². The lowest BCUT2D eigenvalue weighted by molar-refractivity contribution is -0.105. The van der Waals surface area contributed by atoms with E-state index in [1.165, 1.54) is 0 Å². The van der Waals surface area contributed by atoms with Gasteiger partial charge in [0.25, 0.3) is 0 Å². The molecule has 0 aliphatic rings. The minimum absolute atomic E-state index is 0.405. The number of benzene rings is 2. The number of amides is 1. The van der Waals surface area contributed by atoms with Crippen molar-refractivity contribution in [1.82, 2.24) is 19.4 Å². The van der Waals surface area contributed by atoms with Gasteiger partial charge < -0.3 is 29.6 Å². The summed E-state index contributed by atoms with van der Waals surface area (Å²) in [6, 6.07) is 13.5. The van der Waals surface area contributed by atoms with Crippen molar-refractivity contribution in [2.24, 2.45) is 7.05 Å². The van der Waals surface area contributed by atoms with Gasteiger partial charge in [-0.05, 0) is 32.3 Å². The van der Waals surface area contributed by atoms with E-state index in [2.05, 4.69) is 38.5 Å². The van der Waals surface area contributed by atoms with Crippen molar-refractivity contribution in [2.45, 2.75) is 0 Å². The molecule has 0 spiro atoms. The molecule has 2 heterocycles. The molecule has 9 nitrogen and oxygen atoms in total. The van der Waals surface area contributed by atoms with Gasteiger partial charge in [-0.3, -0.25) is 4.79 Å². The monoisotopic (exact) mass is 460 g/mol. The lowest BCUT2D eigenvalue weighted by Gasteiger charge is -2.17. The molecule has 2 N–H and O–H groups in total. The molecule has 0 atom stereocenters. The summed E-state index contributed by atoms with van der Waals surface area (Å²) in [7, 11) is 7.52. The maximum atomic E-state index is 11.2. The molecule has 4 rings (SSSR count). The van der Waals surface area contributed by atoms with Crippen LogP contribution in [-0.4, -0.2) is 60.2 Å². The molecule has 0 saturated heterocycles. The Morgan fingerprint density at radius 3 is 2.71 bits per heavy atom. The number of anilines is 3. The minimum atomic E-state index is 0.405. The molecule has 0 aliphatic carbocycles. The number of hydrogen-bond acceptors (Lipinski definition) is 7. The van der Waals surface area contributed by atoms with Crippen LogP contribution in [0.25, 0.3) is 22.2 Å². The fourth-order valence-electron chi connectivity index (χ4n) is 3.70. The number of rotatable bonds is 10. The topological polar surface area (TPSA) is 93.5 Å². The zero-order chi connectivity index (χ0) is 24.1. The Bertz CT molecular complexity index is 1300. The fourth-order valence-corrected chi connectivity index (χ4v) is 3.70. The molecule has 0 saturated carbocycles. The molecule has 1 amide bonds. The van der Waals surface area contributed by atoms with E-state index in [1.807, 2.05) is 44.2 Å². The van der Waals surface area contributed by atoms with E-state index in [-0.39, 0.29) is 0 Å². The fraction of sp³-hybridized carbons (Fsp3) is 0.240. The highest BCUT2D eigenvalue weighted by atomic mass is 16.5. The van der Waals surface area contributed by atoms with E-state index >= 15 is 0 Å². The predicted molar refractivity (Wildman–Crippen MR) is 134 cm³/mol. The van der Waals surface area contributed by atoms with Crippen LogP contribution in [-0.2, 0) is 11.8 Å². The van der Waals surface area contributed by atoms with E-state index in [0.717, 1.165) is 28.7 Å².